The van der Waals surface area contributed by atoms with Gasteiger partial charge in [-0.05, 0) is 54.3 Å². The van der Waals surface area contributed by atoms with Gasteiger partial charge < -0.3 is 9.64 Å². The number of nitrogens with zero attached hydrogens (tertiary/aromatic N) is 5. The third-order valence-electron chi connectivity index (χ3n) is 8.35. The number of thiophene rings is 1. The van der Waals surface area contributed by atoms with Gasteiger partial charge in [0.1, 0.15) is 10.6 Å². The minimum absolute atomic E-state index is 0.0202. The Morgan fingerprint density at radius 1 is 0.952 bits per heavy atom. The van der Waals surface area contributed by atoms with Crippen molar-refractivity contribution >= 4 is 27.2 Å². The topological polar surface area (TPSA) is 53.8 Å². The van der Waals surface area contributed by atoms with Gasteiger partial charge in [-0.3, -0.25) is 19.2 Å². The Bertz CT molecular complexity index is 1590. The van der Waals surface area contributed by atoms with E-state index in [2.05, 4.69) is 26.9 Å². The molecule has 42 heavy (non-hydrogen) atoms. The summed E-state index contributed by atoms with van der Waals surface area (Å²) < 4.78 is 46.3. The Labute approximate surface area is 246 Å². The highest BCUT2D eigenvalue weighted by molar-refractivity contribution is 7.18. The minimum atomic E-state index is -4.35. The maximum Gasteiger partial charge on any atom is 0.416 e. The summed E-state index contributed by atoms with van der Waals surface area (Å²) in [6.45, 7) is 6.65. The molecule has 4 aromatic rings. The molecule has 7 nitrogen and oxygen atoms in total. The number of hydrogen-bond donors (Lipinski definition) is 0. The molecule has 0 atom stereocenters. The van der Waals surface area contributed by atoms with Crippen molar-refractivity contribution in [1.82, 2.24) is 19.4 Å². The first-order chi connectivity index (χ1) is 20.3. The number of alkyl halides is 3. The number of aromatic nitrogens is 2. The predicted octanol–water partition coefficient (Wildman–Crippen LogP) is 4.91. The number of hydrogen-bond acceptors (Lipinski definition) is 7. The van der Waals surface area contributed by atoms with Crippen LogP contribution in [0.15, 0.2) is 59.7 Å². The monoisotopic (exact) mass is 597 g/mol. The van der Waals surface area contributed by atoms with Crippen molar-refractivity contribution in [3.8, 4) is 5.75 Å². The Kier molecular flexibility index (Phi) is 8.24. The number of fused-ring (bicyclic) bond motifs is 3. The van der Waals surface area contributed by atoms with E-state index in [0.29, 0.717) is 31.9 Å². The van der Waals surface area contributed by atoms with Crippen LogP contribution in [0.1, 0.15) is 21.6 Å². The molecule has 2 aromatic heterocycles. The van der Waals surface area contributed by atoms with E-state index >= 15 is 0 Å². The Morgan fingerprint density at radius 2 is 1.74 bits per heavy atom. The summed E-state index contributed by atoms with van der Waals surface area (Å²) in [4.78, 5) is 26.9. The Balaban J connectivity index is 1.05. The van der Waals surface area contributed by atoms with E-state index < -0.39 is 11.7 Å². The lowest BCUT2D eigenvalue weighted by Crippen LogP contribution is -2.47. The number of ether oxygens (including phenoxy) is 1. The molecule has 0 aliphatic carbocycles. The maximum atomic E-state index is 13.5. The highest BCUT2D eigenvalue weighted by Crippen LogP contribution is 2.33. The van der Waals surface area contributed by atoms with E-state index in [0.717, 1.165) is 73.2 Å². The molecule has 1 fully saturated rings. The fourth-order valence-electron chi connectivity index (χ4n) is 5.86. The quantitative estimate of drug-likeness (QED) is 0.288. The summed E-state index contributed by atoms with van der Waals surface area (Å²) in [5.41, 5.74) is 2.42. The third-order valence-corrected chi connectivity index (χ3v) is 9.48. The Hall–Kier alpha value is -3.41. The van der Waals surface area contributed by atoms with Crippen molar-refractivity contribution in [2.75, 3.05) is 57.8 Å². The SMILES string of the molecule is COc1ccc(CCN2CCc3c(sc4ncn(CCN5CCN(c6cccc(C(F)(F)F)c6)CC5)c(=O)c34)C2)cc1. The van der Waals surface area contributed by atoms with E-state index in [4.69, 9.17) is 4.74 Å². The summed E-state index contributed by atoms with van der Waals surface area (Å²) in [6, 6.07) is 13.7. The molecule has 4 heterocycles. The number of methoxy groups -OCH3 is 1. The van der Waals surface area contributed by atoms with Gasteiger partial charge >= 0.3 is 6.18 Å². The van der Waals surface area contributed by atoms with Crippen LogP contribution in [-0.4, -0.2) is 72.3 Å². The zero-order valence-electron chi connectivity index (χ0n) is 23.6. The first kappa shape index (κ1) is 28.7. The number of halogens is 3. The van der Waals surface area contributed by atoms with Crippen molar-refractivity contribution in [2.24, 2.45) is 0 Å². The van der Waals surface area contributed by atoms with Crippen molar-refractivity contribution in [3.05, 3.63) is 86.8 Å². The van der Waals surface area contributed by atoms with Crippen molar-refractivity contribution in [3.63, 3.8) is 0 Å². The van der Waals surface area contributed by atoms with Crippen LogP contribution in [0.2, 0.25) is 0 Å². The third kappa shape index (κ3) is 6.18. The lowest BCUT2D eigenvalue weighted by atomic mass is 10.0. The van der Waals surface area contributed by atoms with Gasteiger partial charge in [-0.2, -0.15) is 13.2 Å². The lowest BCUT2D eigenvalue weighted by Gasteiger charge is -2.36. The molecule has 2 aromatic carbocycles. The largest absolute Gasteiger partial charge is 0.497 e. The molecule has 0 spiro atoms. The second kappa shape index (κ2) is 12.1. The van der Waals surface area contributed by atoms with Crippen molar-refractivity contribution in [1.29, 1.82) is 0 Å². The summed E-state index contributed by atoms with van der Waals surface area (Å²) in [5.74, 6) is 0.862. The predicted molar refractivity (Wildman–Crippen MR) is 160 cm³/mol. The van der Waals surface area contributed by atoms with Gasteiger partial charge in [0, 0.05) is 69.5 Å². The van der Waals surface area contributed by atoms with Gasteiger partial charge in [0.25, 0.3) is 5.56 Å². The van der Waals surface area contributed by atoms with E-state index in [1.165, 1.54) is 22.6 Å². The second-order valence-corrected chi connectivity index (χ2v) is 12.0. The average Bonchev–Trinajstić information content (AvgIpc) is 3.38. The van der Waals surface area contributed by atoms with Crippen molar-refractivity contribution < 1.29 is 17.9 Å². The van der Waals surface area contributed by atoms with Gasteiger partial charge in [0.15, 0.2) is 0 Å². The normalized spacial score (nSPS) is 16.6. The van der Waals surface area contributed by atoms with Gasteiger partial charge in [-0.1, -0.05) is 18.2 Å². The van der Waals surface area contributed by atoms with Crippen LogP contribution in [0, 0.1) is 0 Å². The summed E-state index contributed by atoms with van der Waals surface area (Å²) in [6.07, 6.45) is -0.883. The van der Waals surface area contributed by atoms with Crippen LogP contribution < -0.4 is 15.2 Å². The molecule has 2 aliphatic rings. The first-order valence-electron chi connectivity index (χ1n) is 14.3. The van der Waals surface area contributed by atoms with Crippen LogP contribution in [0.5, 0.6) is 5.75 Å². The van der Waals surface area contributed by atoms with E-state index in [-0.39, 0.29) is 5.56 Å². The average molecular weight is 598 g/mol. The fourth-order valence-corrected chi connectivity index (χ4v) is 7.08. The maximum absolute atomic E-state index is 13.5. The smallest absolute Gasteiger partial charge is 0.416 e. The fraction of sp³-hybridized carbons (Fsp3) is 0.419. The number of rotatable bonds is 8. The molecule has 2 aliphatic heterocycles. The van der Waals surface area contributed by atoms with Crippen LogP contribution in [0.3, 0.4) is 0 Å². The number of benzene rings is 2. The standard InChI is InChI=1S/C31H34F3N5O2S/c1-41-25-7-5-22(6-8-25)9-11-37-12-10-26-27(20-37)42-29-28(26)30(40)39(21-35-29)18-15-36-13-16-38(17-14-36)24-4-2-3-23(19-24)31(32,33)34/h2-8,19,21H,9-18,20H2,1H3. The molecule has 222 valence electrons. The molecule has 0 bridgehead atoms. The molecular weight excluding hydrogens is 563 g/mol. The van der Waals surface area contributed by atoms with Gasteiger partial charge in [-0.25, -0.2) is 4.98 Å². The molecule has 0 radical (unpaired) electrons. The zero-order valence-corrected chi connectivity index (χ0v) is 24.4. The van der Waals surface area contributed by atoms with Gasteiger partial charge in [0.05, 0.1) is 24.4 Å². The molecular formula is C31H34F3N5O2S. The van der Waals surface area contributed by atoms with Crippen LogP contribution in [0.25, 0.3) is 10.2 Å². The summed E-state index contributed by atoms with van der Waals surface area (Å²) in [7, 11) is 1.67. The number of anilines is 1. The van der Waals surface area contributed by atoms with Crippen LogP contribution in [-0.2, 0) is 32.1 Å². The van der Waals surface area contributed by atoms with Crippen LogP contribution in [0.4, 0.5) is 18.9 Å². The highest BCUT2D eigenvalue weighted by atomic mass is 32.1. The second-order valence-electron chi connectivity index (χ2n) is 10.9. The van der Waals surface area contributed by atoms with Gasteiger partial charge in [0.2, 0.25) is 0 Å². The lowest BCUT2D eigenvalue weighted by molar-refractivity contribution is -0.137. The van der Waals surface area contributed by atoms with E-state index in [9.17, 15) is 18.0 Å². The summed E-state index contributed by atoms with van der Waals surface area (Å²) >= 11 is 1.63. The molecule has 11 heteroatoms. The van der Waals surface area contributed by atoms with Crippen LogP contribution >= 0.6 is 11.3 Å². The Morgan fingerprint density at radius 3 is 2.48 bits per heavy atom. The molecule has 0 saturated carbocycles. The molecule has 6 rings (SSSR count). The highest BCUT2D eigenvalue weighted by Gasteiger charge is 2.31. The summed E-state index contributed by atoms with van der Waals surface area (Å²) in [5, 5.41) is 0.765. The van der Waals surface area contributed by atoms with Gasteiger partial charge in [-0.15, -0.1) is 11.3 Å². The first-order valence-corrected chi connectivity index (χ1v) is 15.1. The van der Waals surface area contributed by atoms with E-state index in [1.807, 2.05) is 17.0 Å². The molecule has 1 saturated heterocycles. The van der Waals surface area contributed by atoms with E-state index in [1.54, 1.807) is 35.4 Å². The zero-order chi connectivity index (χ0) is 29.3. The molecule has 0 amide bonds. The molecule has 0 unspecified atom stereocenters. The minimum Gasteiger partial charge on any atom is -0.497 e. The van der Waals surface area contributed by atoms with Crippen molar-refractivity contribution in [2.45, 2.75) is 32.1 Å². The number of piperazine rings is 1. The molecule has 0 N–H and O–H groups in total.